The average molecular weight is 439 g/mol. The molecule has 34 heavy (non-hydrogen) atoms. The first-order valence-electron chi connectivity index (χ1n) is 12.3. The number of imidazole rings is 1. The van der Waals surface area contributed by atoms with Crippen LogP contribution in [-0.2, 0) is 12.8 Å². The standard InChI is InChI=1S/C32H26N2/c1-21-13-15-22(16-14-21)23-7-6-8-24(19-23)25-17-18-26-27-9-2-4-11-30(27)34-31-12-5-3-10-29(31)33-32(34)28(26)20-25/h2-3,6-10,13-20H,4-5,11-12H2,1H3. The number of allylic oxidation sites excluding steroid dienone is 2. The number of benzene rings is 3. The smallest absolute Gasteiger partial charge is 0.145 e. The van der Waals surface area contributed by atoms with E-state index in [0.29, 0.717) is 0 Å². The van der Waals surface area contributed by atoms with Gasteiger partial charge in [0, 0.05) is 16.6 Å². The fourth-order valence-corrected chi connectivity index (χ4v) is 5.63. The number of pyridine rings is 1. The molecule has 0 N–H and O–H groups in total. The summed E-state index contributed by atoms with van der Waals surface area (Å²) in [4.78, 5) is 5.15. The molecule has 0 fully saturated rings. The predicted molar refractivity (Wildman–Crippen MR) is 143 cm³/mol. The van der Waals surface area contributed by atoms with Crippen molar-refractivity contribution in [2.24, 2.45) is 0 Å². The average Bonchev–Trinajstić information content (AvgIpc) is 3.29. The van der Waals surface area contributed by atoms with Crippen molar-refractivity contribution in [1.82, 2.24) is 9.38 Å². The molecule has 0 bridgehead atoms. The lowest BCUT2D eigenvalue weighted by Gasteiger charge is -2.19. The third-order valence-electron chi connectivity index (χ3n) is 7.37. The van der Waals surface area contributed by atoms with E-state index in [-0.39, 0.29) is 0 Å². The van der Waals surface area contributed by atoms with E-state index < -0.39 is 0 Å². The van der Waals surface area contributed by atoms with E-state index >= 15 is 0 Å². The van der Waals surface area contributed by atoms with Gasteiger partial charge in [0.2, 0.25) is 0 Å². The zero-order valence-electron chi connectivity index (χ0n) is 19.4. The Kier molecular flexibility index (Phi) is 4.35. The Labute approximate surface area is 199 Å². The number of hydrogen-bond donors (Lipinski definition) is 0. The lowest BCUT2D eigenvalue weighted by molar-refractivity contribution is 0.839. The predicted octanol–water partition coefficient (Wildman–Crippen LogP) is 8.05. The van der Waals surface area contributed by atoms with Gasteiger partial charge in [-0.25, -0.2) is 4.98 Å². The molecule has 0 saturated carbocycles. The Hall–Kier alpha value is -3.91. The Morgan fingerprint density at radius 3 is 2.24 bits per heavy atom. The van der Waals surface area contributed by atoms with Crippen LogP contribution >= 0.6 is 0 Å². The van der Waals surface area contributed by atoms with Crippen molar-refractivity contribution in [3.63, 3.8) is 0 Å². The fraction of sp³-hybridized carbons (Fsp3) is 0.156. The molecule has 2 aliphatic carbocycles. The van der Waals surface area contributed by atoms with Gasteiger partial charge in [-0.1, -0.05) is 78.4 Å². The summed E-state index contributed by atoms with van der Waals surface area (Å²) in [6.07, 6.45) is 13.4. The molecule has 3 aromatic carbocycles. The van der Waals surface area contributed by atoms with E-state index in [9.17, 15) is 0 Å². The summed E-state index contributed by atoms with van der Waals surface area (Å²) < 4.78 is 2.48. The summed E-state index contributed by atoms with van der Waals surface area (Å²) in [7, 11) is 0. The summed E-state index contributed by atoms with van der Waals surface area (Å²) in [6.45, 7) is 2.13. The van der Waals surface area contributed by atoms with Gasteiger partial charge in [0.1, 0.15) is 5.65 Å². The fourth-order valence-electron chi connectivity index (χ4n) is 5.63. The van der Waals surface area contributed by atoms with Crippen LogP contribution in [0.4, 0.5) is 0 Å². The monoisotopic (exact) mass is 438 g/mol. The molecule has 0 aliphatic heterocycles. The second-order valence-electron chi connectivity index (χ2n) is 9.55. The van der Waals surface area contributed by atoms with Gasteiger partial charge >= 0.3 is 0 Å². The molecule has 0 spiro atoms. The van der Waals surface area contributed by atoms with Crippen LogP contribution in [0.3, 0.4) is 0 Å². The van der Waals surface area contributed by atoms with Crippen molar-refractivity contribution in [2.75, 3.05) is 0 Å². The maximum Gasteiger partial charge on any atom is 0.145 e. The zero-order chi connectivity index (χ0) is 22.6. The number of nitrogens with zero attached hydrogens (tertiary/aromatic N) is 2. The molecule has 2 aliphatic rings. The highest BCUT2D eigenvalue weighted by Gasteiger charge is 2.22. The Morgan fingerprint density at radius 2 is 1.38 bits per heavy atom. The molecule has 2 heterocycles. The van der Waals surface area contributed by atoms with E-state index in [4.69, 9.17) is 4.98 Å². The largest absolute Gasteiger partial charge is 0.299 e. The number of aryl methyl sites for hydroxylation is 3. The lowest BCUT2D eigenvalue weighted by atomic mass is 9.93. The summed E-state index contributed by atoms with van der Waals surface area (Å²) in [5, 5.41) is 2.55. The van der Waals surface area contributed by atoms with Crippen LogP contribution in [0.1, 0.15) is 41.1 Å². The first-order chi connectivity index (χ1) is 16.8. The Morgan fingerprint density at radius 1 is 0.676 bits per heavy atom. The normalized spacial score (nSPS) is 14.5. The van der Waals surface area contributed by atoms with Crippen LogP contribution in [-0.4, -0.2) is 9.38 Å². The number of hydrogen-bond acceptors (Lipinski definition) is 1. The van der Waals surface area contributed by atoms with Crippen molar-refractivity contribution in [2.45, 2.75) is 32.6 Å². The van der Waals surface area contributed by atoms with Crippen molar-refractivity contribution in [1.29, 1.82) is 0 Å². The minimum Gasteiger partial charge on any atom is -0.299 e. The van der Waals surface area contributed by atoms with Crippen molar-refractivity contribution >= 4 is 28.6 Å². The molecule has 7 rings (SSSR count). The molecule has 2 heteroatoms. The highest BCUT2D eigenvalue weighted by Crippen LogP contribution is 2.37. The van der Waals surface area contributed by atoms with E-state index in [2.05, 4.69) is 102 Å². The molecule has 164 valence electrons. The molecule has 0 radical (unpaired) electrons. The third-order valence-corrected chi connectivity index (χ3v) is 7.37. The lowest BCUT2D eigenvalue weighted by Crippen LogP contribution is -2.08. The summed E-state index contributed by atoms with van der Waals surface area (Å²) in [5.41, 5.74) is 12.7. The third kappa shape index (κ3) is 2.99. The number of aromatic nitrogens is 2. The molecule has 0 atom stereocenters. The van der Waals surface area contributed by atoms with Crippen molar-refractivity contribution in [3.8, 4) is 22.3 Å². The van der Waals surface area contributed by atoms with Crippen molar-refractivity contribution in [3.05, 3.63) is 107 Å². The molecule has 0 amide bonds. The summed E-state index contributed by atoms with van der Waals surface area (Å²) >= 11 is 0. The van der Waals surface area contributed by atoms with Gasteiger partial charge in [0.05, 0.1) is 11.4 Å². The van der Waals surface area contributed by atoms with Crippen LogP contribution < -0.4 is 0 Å². The summed E-state index contributed by atoms with van der Waals surface area (Å²) in [6, 6.07) is 24.6. The van der Waals surface area contributed by atoms with Gasteiger partial charge < -0.3 is 0 Å². The minimum atomic E-state index is 1.06. The molecule has 5 aromatic rings. The van der Waals surface area contributed by atoms with Crippen LogP contribution in [0.25, 0.3) is 50.8 Å². The van der Waals surface area contributed by atoms with Gasteiger partial charge in [0.15, 0.2) is 0 Å². The molecule has 0 unspecified atom stereocenters. The second-order valence-corrected chi connectivity index (χ2v) is 9.55. The molecule has 2 nitrogen and oxygen atoms in total. The summed E-state index contributed by atoms with van der Waals surface area (Å²) in [5.74, 6) is 0. The first-order valence-corrected chi connectivity index (χ1v) is 12.3. The van der Waals surface area contributed by atoms with Gasteiger partial charge in [-0.15, -0.1) is 0 Å². The van der Waals surface area contributed by atoms with Crippen LogP contribution in [0.2, 0.25) is 0 Å². The van der Waals surface area contributed by atoms with Crippen LogP contribution in [0, 0.1) is 6.92 Å². The van der Waals surface area contributed by atoms with Crippen LogP contribution in [0.15, 0.2) is 78.9 Å². The maximum absolute atomic E-state index is 5.15. The highest BCUT2D eigenvalue weighted by molar-refractivity contribution is 6.03. The molecular formula is C32H26N2. The highest BCUT2D eigenvalue weighted by atomic mass is 15.0. The van der Waals surface area contributed by atoms with Gasteiger partial charge in [-0.2, -0.15) is 0 Å². The Balaban J connectivity index is 1.46. The van der Waals surface area contributed by atoms with Crippen LogP contribution in [0.5, 0.6) is 0 Å². The quantitative estimate of drug-likeness (QED) is 0.272. The van der Waals surface area contributed by atoms with E-state index in [1.54, 1.807) is 0 Å². The number of rotatable bonds is 2. The second kappa shape index (κ2) is 7.56. The number of fused-ring (bicyclic) bond motifs is 8. The first kappa shape index (κ1) is 19.5. The van der Waals surface area contributed by atoms with Gasteiger partial charge in [0.25, 0.3) is 0 Å². The van der Waals surface area contributed by atoms with Crippen molar-refractivity contribution < 1.29 is 0 Å². The van der Waals surface area contributed by atoms with Gasteiger partial charge in [-0.05, 0) is 78.5 Å². The Bertz CT molecular complexity index is 1650. The maximum atomic E-state index is 5.15. The minimum absolute atomic E-state index is 1.06. The zero-order valence-corrected chi connectivity index (χ0v) is 19.4. The SMILES string of the molecule is Cc1ccc(-c2cccc(-c3ccc4c5c(n6c7c(nc6c4c3)C=CCC7)CCC=C5)c2)cc1. The molecule has 2 aromatic heterocycles. The van der Waals surface area contributed by atoms with E-state index in [1.807, 2.05) is 0 Å². The molecule has 0 saturated heterocycles. The molecular weight excluding hydrogens is 412 g/mol. The van der Waals surface area contributed by atoms with E-state index in [1.165, 1.54) is 55.5 Å². The topological polar surface area (TPSA) is 17.3 Å². The van der Waals surface area contributed by atoms with E-state index in [0.717, 1.165) is 37.0 Å². The van der Waals surface area contributed by atoms with Gasteiger partial charge in [-0.3, -0.25) is 4.40 Å².